The van der Waals surface area contributed by atoms with Gasteiger partial charge in [-0.25, -0.2) is 18.6 Å². The Labute approximate surface area is 222 Å². The highest BCUT2D eigenvalue weighted by Crippen LogP contribution is 2.41. The molecule has 12 heteroatoms. The maximum absolute atomic E-state index is 15.2. The number of halogens is 2. The number of nitrogens with zero attached hydrogens (tertiary/aromatic N) is 4. The molecule has 202 valence electrons. The Morgan fingerprint density at radius 1 is 0.949 bits per heavy atom. The summed E-state index contributed by atoms with van der Waals surface area (Å²) < 4.78 is 46.0. The standard InChI is InChI=1S/C27H26F2N6O4/c1-37-20-13-21(38-2)24(29)22(23(20)28)18-5-6-19(26-25(18)31-7-8-32-26)39-27(36)34-16-3-4-17(33-14-16)15-35-11-9-30-10-12-35/h3-8,13-14,30H,9-12,15H2,1-2H3,(H,34,36). The number of benzene rings is 2. The van der Waals surface area contributed by atoms with E-state index >= 15 is 8.78 Å². The molecule has 2 N–H and O–H groups in total. The van der Waals surface area contributed by atoms with Gasteiger partial charge in [0.25, 0.3) is 0 Å². The number of carbonyl (C=O) groups is 1. The highest BCUT2D eigenvalue weighted by Gasteiger charge is 2.25. The Morgan fingerprint density at radius 2 is 1.64 bits per heavy atom. The van der Waals surface area contributed by atoms with Crippen molar-refractivity contribution in [2.45, 2.75) is 6.54 Å². The van der Waals surface area contributed by atoms with Gasteiger partial charge in [-0.15, -0.1) is 0 Å². The number of piperazine rings is 1. The van der Waals surface area contributed by atoms with E-state index in [1.807, 2.05) is 6.07 Å². The third-order valence-electron chi connectivity index (χ3n) is 6.30. The predicted octanol–water partition coefficient (Wildman–Crippen LogP) is 4.00. The summed E-state index contributed by atoms with van der Waals surface area (Å²) >= 11 is 0. The van der Waals surface area contributed by atoms with E-state index in [-0.39, 0.29) is 33.8 Å². The zero-order valence-electron chi connectivity index (χ0n) is 21.3. The summed E-state index contributed by atoms with van der Waals surface area (Å²) in [5.41, 5.74) is 1.28. The van der Waals surface area contributed by atoms with Gasteiger partial charge in [-0.2, -0.15) is 0 Å². The van der Waals surface area contributed by atoms with Crippen LogP contribution in [-0.2, 0) is 6.54 Å². The first-order valence-corrected chi connectivity index (χ1v) is 12.2. The molecule has 39 heavy (non-hydrogen) atoms. The van der Waals surface area contributed by atoms with Crippen molar-refractivity contribution in [3.05, 3.63) is 66.3 Å². The van der Waals surface area contributed by atoms with E-state index in [1.165, 1.54) is 38.7 Å². The van der Waals surface area contributed by atoms with Crippen molar-refractivity contribution in [2.75, 3.05) is 45.7 Å². The van der Waals surface area contributed by atoms with Crippen LogP contribution in [0.2, 0.25) is 0 Å². The Balaban J connectivity index is 1.37. The van der Waals surface area contributed by atoms with Gasteiger partial charge in [-0.1, -0.05) is 0 Å². The first kappa shape index (κ1) is 26.2. The van der Waals surface area contributed by atoms with Gasteiger partial charge < -0.3 is 19.5 Å². The van der Waals surface area contributed by atoms with Crippen LogP contribution in [0.25, 0.3) is 22.2 Å². The number of hydrogen-bond donors (Lipinski definition) is 2. The van der Waals surface area contributed by atoms with Gasteiger partial charge >= 0.3 is 6.09 Å². The van der Waals surface area contributed by atoms with E-state index in [2.05, 4.69) is 30.5 Å². The van der Waals surface area contributed by atoms with Gasteiger partial charge in [0.05, 0.1) is 37.4 Å². The van der Waals surface area contributed by atoms with Crippen molar-refractivity contribution in [1.29, 1.82) is 0 Å². The summed E-state index contributed by atoms with van der Waals surface area (Å²) in [5, 5.41) is 5.94. The Morgan fingerprint density at radius 3 is 2.28 bits per heavy atom. The number of hydrogen-bond acceptors (Lipinski definition) is 9. The summed E-state index contributed by atoms with van der Waals surface area (Å²) in [7, 11) is 2.53. The second kappa shape index (κ2) is 11.5. The van der Waals surface area contributed by atoms with Crippen molar-refractivity contribution >= 4 is 22.8 Å². The number of methoxy groups -OCH3 is 2. The van der Waals surface area contributed by atoms with Crippen LogP contribution in [0.4, 0.5) is 19.3 Å². The van der Waals surface area contributed by atoms with Crippen LogP contribution < -0.4 is 24.8 Å². The molecule has 0 aliphatic carbocycles. The van der Waals surface area contributed by atoms with Crippen LogP contribution in [0.15, 0.2) is 48.9 Å². The molecule has 0 saturated carbocycles. The van der Waals surface area contributed by atoms with Crippen LogP contribution in [0.3, 0.4) is 0 Å². The topological polar surface area (TPSA) is 111 Å². The van der Waals surface area contributed by atoms with Crippen LogP contribution in [0.5, 0.6) is 17.2 Å². The predicted molar refractivity (Wildman–Crippen MR) is 140 cm³/mol. The number of pyridine rings is 1. The smallest absolute Gasteiger partial charge is 0.417 e. The van der Waals surface area contributed by atoms with Gasteiger partial charge in [-0.3, -0.25) is 20.2 Å². The first-order valence-electron chi connectivity index (χ1n) is 12.2. The average molecular weight is 537 g/mol. The van der Waals surface area contributed by atoms with Gasteiger partial charge in [0, 0.05) is 56.7 Å². The molecule has 1 aliphatic heterocycles. The van der Waals surface area contributed by atoms with Crippen LogP contribution in [-0.4, -0.2) is 66.3 Å². The summed E-state index contributed by atoms with van der Waals surface area (Å²) in [6.45, 7) is 4.53. The molecular formula is C27H26F2N6O4. The number of amides is 1. The second-order valence-electron chi connectivity index (χ2n) is 8.73. The van der Waals surface area contributed by atoms with Crippen molar-refractivity contribution in [3.63, 3.8) is 0 Å². The van der Waals surface area contributed by atoms with Gasteiger partial charge in [-0.05, 0) is 24.3 Å². The first-order chi connectivity index (χ1) is 19.0. The Hall–Kier alpha value is -4.42. The molecule has 1 fully saturated rings. The molecule has 10 nitrogen and oxygen atoms in total. The number of anilines is 1. The zero-order valence-corrected chi connectivity index (χ0v) is 21.3. The Bertz CT molecular complexity index is 1470. The van der Waals surface area contributed by atoms with E-state index in [1.54, 1.807) is 12.3 Å². The van der Waals surface area contributed by atoms with Gasteiger partial charge in [0.1, 0.15) is 11.0 Å². The summed E-state index contributed by atoms with van der Waals surface area (Å²) in [6.07, 6.45) is 3.53. The maximum atomic E-state index is 15.2. The third kappa shape index (κ3) is 5.56. The largest absolute Gasteiger partial charge is 0.494 e. The fraction of sp³-hybridized carbons (Fsp3) is 0.259. The number of rotatable bonds is 7. The van der Waals surface area contributed by atoms with Crippen LogP contribution in [0, 0.1) is 11.6 Å². The lowest BCUT2D eigenvalue weighted by Gasteiger charge is -2.26. The quantitative estimate of drug-likeness (QED) is 0.362. The van der Waals surface area contributed by atoms with E-state index in [0.29, 0.717) is 5.69 Å². The lowest BCUT2D eigenvalue weighted by atomic mass is 10.0. The molecule has 3 heterocycles. The van der Waals surface area contributed by atoms with E-state index in [9.17, 15) is 4.79 Å². The van der Waals surface area contributed by atoms with Crippen molar-refractivity contribution in [3.8, 4) is 28.4 Å². The van der Waals surface area contributed by atoms with Crippen LogP contribution >= 0.6 is 0 Å². The van der Waals surface area contributed by atoms with Crippen molar-refractivity contribution in [2.24, 2.45) is 0 Å². The minimum atomic E-state index is -0.929. The van der Waals surface area contributed by atoms with E-state index in [0.717, 1.165) is 44.5 Å². The maximum Gasteiger partial charge on any atom is 0.417 e. The molecule has 1 saturated heterocycles. The van der Waals surface area contributed by atoms with Crippen molar-refractivity contribution in [1.82, 2.24) is 25.2 Å². The zero-order chi connectivity index (χ0) is 27.4. The minimum absolute atomic E-state index is 0.0540. The molecule has 1 amide bonds. The monoisotopic (exact) mass is 536 g/mol. The van der Waals surface area contributed by atoms with Crippen molar-refractivity contribution < 1.29 is 27.8 Å². The number of ether oxygens (including phenoxy) is 3. The molecule has 0 spiro atoms. The minimum Gasteiger partial charge on any atom is -0.494 e. The lowest BCUT2D eigenvalue weighted by Crippen LogP contribution is -2.43. The highest BCUT2D eigenvalue weighted by atomic mass is 19.1. The number of aromatic nitrogens is 3. The normalized spacial score (nSPS) is 13.7. The highest BCUT2D eigenvalue weighted by molar-refractivity contribution is 5.97. The fourth-order valence-electron chi connectivity index (χ4n) is 4.37. The SMILES string of the molecule is COc1cc(OC)c(F)c(-c2ccc(OC(=O)Nc3ccc(CN4CCNCC4)nc3)c3nccnc23)c1F. The Kier molecular flexibility index (Phi) is 7.75. The molecule has 1 aliphatic rings. The number of carbonyl (C=O) groups excluding carboxylic acids is 1. The molecule has 5 rings (SSSR count). The number of nitrogens with one attached hydrogen (secondary N) is 2. The second-order valence-corrected chi connectivity index (χ2v) is 8.73. The average Bonchev–Trinajstić information content (AvgIpc) is 2.96. The molecule has 0 unspecified atom stereocenters. The molecule has 0 bridgehead atoms. The number of fused-ring (bicyclic) bond motifs is 1. The van der Waals surface area contributed by atoms with Gasteiger partial charge in [0.2, 0.25) is 0 Å². The van der Waals surface area contributed by atoms with Gasteiger partial charge in [0.15, 0.2) is 28.9 Å². The molecule has 2 aromatic carbocycles. The molecule has 0 radical (unpaired) electrons. The molecular weight excluding hydrogens is 510 g/mol. The molecule has 0 atom stereocenters. The lowest BCUT2D eigenvalue weighted by molar-refractivity contribution is 0.215. The van der Waals surface area contributed by atoms with Crippen LogP contribution in [0.1, 0.15) is 5.69 Å². The third-order valence-corrected chi connectivity index (χ3v) is 6.30. The van der Waals surface area contributed by atoms with E-state index < -0.39 is 23.3 Å². The fourth-order valence-corrected chi connectivity index (χ4v) is 4.37. The molecule has 4 aromatic rings. The summed E-state index contributed by atoms with van der Waals surface area (Å²) in [4.78, 5) is 27.9. The summed E-state index contributed by atoms with van der Waals surface area (Å²) in [5.74, 6) is -2.21. The molecule has 2 aromatic heterocycles. The summed E-state index contributed by atoms with van der Waals surface area (Å²) in [6, 6.07) is 7.50. The van der Waals surface area contributed by atoms with E-state index in [4.69, 9.17) is 14.2 Å².